The monoisotopic (exact) mass is 647 g/mol. The summed E-state index contributed by atoms with van der Waals surface area (Å²) in [5.41, 5.74) is 14.9. The van der Waals surface area contributed by atoms with Crippen LogP contribution in [0.25, 0.3) is 22.3 Å². The summed E-state index contributed by atoms with van der Waals surface area (Å²) >= 11 is 0. The van der Waals surface area contributed by atoms with Gasteiger partial charge >= 0.3 is 103 Å². The quantitative estimate of drug-likeness (QED) is 0.142. The summed E-state index contributed by atoms with van der Waals surface area (Å²) in [6.45, 7) is 28.8. The van der Waals surface area contributed by atoms with Gasteiger partial charge in [-0.1, -0.05) is 69.7 Å². The molecule has 0 aromatic heterocycles. The van der Waals surface area contributed by atoms with Crippen LogP contribution in [0.4, 0.5) is 4.39 Å². The van der Waals surface area contributed by atoms with E-state index < -0.39 is 5.91 Å². The maximum Gasteiger partial charge on any atom is 1.00 e. The van der Waals surface area contributed by atoms with Crippen LogP contribution in [0.3, 0.4) is 0 Å². The van der Waals surface area contributed by atoms with Crippen LogP contribution in [0.2, 0.25) is 0 Å². The molecule has 0 fully saturated rings. The minimum absolute atomic E-state index is 0. The second kappa shape index (κ2) is 26.0. The predicted molar refractivity (Wildman–Crippen MR) is 178 cm³/mol. The van der Waals surface area contributed by atoms with E-state index in [-0.39, 0.29) is 127 Å². The number of rotatable bonds is 6. The summed E-state index contributed by atoms with van der Waals surface area (Å²) in [4.78, 5) is 19.5. The number of amides is 1. The Morgan fingerprint density at radius 1 is 0.977 bits per heavy atom. The minimum atomic E-state index is -0.583. The van der Waals surface area contributed by atoms with Crippen LogP contribution in [-0.2, 0) is 16.0 Å². The first-order valence-corrected chi connectivity index (χ1v) is 13.2. The van der Waals surface area contributed by atoms with Crippen LogP contribution >= 0.6 is 0 Å². The second-order valence-corrected chi connectivity index (χ2v) is 9.42. The molecule has 228 valence electrons. The van der Waals surface area contributed by atoms with Gasteiger partial charge in [0.25, 0.3) is 0 Å². The number of halogens is 1. The van der Waals surface area contributed by atoms with Crippen molar-refractivity contribution in [1.29, 1.82) is 5.41 Å². The summed E-state index contributed by atoms with van der Waals surface area (Å²) in [6, 6.07) is 16.3. The van der Waals surface area contributed by atoms with Crippen LogP contribution in [0.15, 0.2) is 66.3 Å². The number of nitrogens with two attached hydrogens (primary N) is 1. The van der Waals surface area contributed by atoms with Gasteiger partial charge in [0.15, 0.2) is 0 Å². The maximum absolute atomic E-state index is 14.3. The molecule has 0 saturated carbocycles. The van der Waals surface area contributed by atoms with Gasteiger partial charge in [-0.2, -0.15) is 36.6 Å². The molecule has 4 nitrogen and oxygen atoms in total. The van der Waals surface area contributed by atoms with Gasteiger partial charge in [0.2, 0.25) is 0 Å². The Morgan fingerprint density at radius 3 is 1.80 bits per heavy atom. The number of nitrogens with one attached hydrogen (secondary N) is 1. The summed E-state index contributed by atoms with van der Waals surface area (Å²) in [5.74, 6) is -0.927. The Morgan fingerprint density at radius 2 is 1.41 bits per heavy atom. The molecule has 0 aliphatic carbocycles. The third kappa shape index (κ3) is 17.0. The van der Waals surface area contributed by atoms with Gasteiger partial charge in [0.1, 0.15) is 0 Å². The molecule has 0 aliphatic heterocycles. The Bertz CT molecular complexity index is 1380. The van der Waals surface area contributed by atoms with Crippen LogP contribution in [0.5, 0.6) is 0 Å². The van der Waals surface area contributed by atoms with Crippen molar-refractivity contribution in [3.05, 3.63) is 128 Å². The number of hydrogen-bond donors (Lipinski definition) is 2. The van der Waals surface area contributed by atoms with Gasteiger partial charge in [-0.25, -0.2) is 6.58 Å². The fourth-order valence-corrected chi connectivity index (χ4v) is 3.75. The standard InChI is InChI=1S/C24H24F.C7H9O.C3H6N.C2H4NO.CH3.2K/c1-6-19-13-20(14-24(25)17(19)4)21-10-8-12-23(18(21)5)22-11-7-9-15(2)16(22)3;1-5(2)6(3)7(4)8;1-2-3-4;1-2(3)4;;;/h7-14H,4,6H2,1-3,5H3;3H,1H2,2,4H3;4H,2H2,1H3;1H2,(H2,3,4);1H3;;/q5*-1;2*+1. The van der Waals surface area contributed by atoms with E-state index in [0.717, 1.165) is 29.5 Å². The molecule has 0 spiro atoms. The van der Waals surface area contributed by atoms with Crippen molar-refractivity contribution >= 4 is 17.9 Å². The molecular weight excluding hydrogens is 602 g/mol. The van der Waals surface area contributed by atoms with Gasteiger partial charge in [-0.15, -0.1) is 11.6 Å². The van der Waals surface area contributed by atoms with Crippen molar-refractivity contribution in [2.75, 3.05) is 0 Å². The van der Waals surface area contributed by atoms with Crippen molar-refractivity contribution in [3.63, 3.8) is 0 Å². The molecule has 1 amide bonds. The summed E-state index contributed by atoms with van der Waals surface area (Å²) in [7, 11) is 0. The number of primary amides is 1. The third-order valence-corrected chi connectivity index (χ3v) is 6.22. The molecule has 0 atom stereocenters. The van der Waals surface area contributed by atoms with Crippen molar-refractivity contribution in [1.82, 2.24) is 0 Å². The molecule has 0 bridgehead atoms. The van der Waals surface area contributed by atoms with Crippen molar-refractivity contribution in [3.8, 4) is 22.3 Å². The predicted octanol–water partition coefficient (Wildman–Crippen LogP) is 3.03. The Kier molecular flexibility index (Phi) is 29.4. The number of carbonyl (C=O) groups excluding carboxylic acids is 2. The fourth-order valence-electron chi connectivity index (χ4n) is 3.75. The zero-order valence-corrected chi connectivity index (χ0v) is 34.7. The van der Waals surface area contributed by atoms with Crippen LogP contribution in [0, 0.1) is 59.9 Å². The summed E-state index contributed by atoms with van der Waals surface area (Å²) in [5, 5.41) is 6.20. The van der Waals surface area contributed by atoms with Gasteiger partial charge < -0.3 is 41.3 Å². The Labute approximate surface area is 351 Å². The van der Waals surface area contributed by atoms with Crippen LogP contribution < -0.4 is 109 Å². The minimum Gasteiger partial charge on any atom is -0.519 e. The van der Waals surface area contributed by atoms with E-state index in [1.165, 1.54) is 34.7 Å². The van der Waals surface area contributed by atoms with Crippen molar-refractivity contribution in [2.45, 2.75) is 61.3 Å². The SMILES string of the molecule is CC[C-]=N.[CH-]=C(C(=C)C)C(C)=O.[CH2-]C(N)=O.[CH2-]c1c(F)cc(-c2cccc(-c3cccc(C)c3C)c2C)cc1CC.[CH3-].[K+].[K+]. The van der Waals surface area contributed by atoms with Crippen molar-refractivity contribution in [2.24, 2.45) is 5.73 Å². The molecule has 3 aromatic carbocycles. The van der Waals surface area contributed by atoms with E-state index in [9.17, 15) is 9.18 Å². The van der Waals surface area contributed by atoms with Gasteiger partial charge in [-0.05, 0) is 66.6 Å². The fraction of sp³-hybridized carbons (Fsp3) is 0.243. The molecule has 0 aliphatic rings. The number of allylic oxidation sites excluding steroid dienone is 2. The second-order valence-electron chi connectivity index (χ2n) is 9.42. The van der Waals surface area contributed by atoms with Gasteiger partial charge in [0, 0.05) is 11.6 Å². The number of hydrogen-bond acceptors (Lipinski definition) is 3. The molecule has 7 heteroatoms. The first-order valence-electron chi connectivity index (χ1n) is 13.2. The van der Waals surface area contributed by atoms with Crippen molar-refractivity contribution < 1.29 is 117 Å². The van der Waals surface area contributed by atoms with E-state index in [1.54, 1.807) is 13.0 Å². The first kappa shape index (κ1) is 49.8. The maximum atomic E-state index is 14.3. The van der Waals surface area contributed by atoms with Gasteiger partial charge in [0.05, 0.1) is 5.91 Å². The summed E-state index contributed by atoms with van der Waals surface area (Å²) < 4.78 is 14.3. The molecule has 3 N–H and O–H groups in total. The van der Waals surface area contributed by atoms with Crippen LogP contribution in [0.1, 0.15) is 61.9 Å². The first-order chi connectivity index (χ1) is 19.1. The zero-order chi connectivity index (χ0) is 31.9. The molecule has 0 saturated heterocycles. The smallest absolute Gasteiger partial charge is 0.519 e. The average molecular weight is 648 g/mol. The van der Waals surface area contributed by atoms with E-state index in [2.05, 4.69) is 95.6 Å². The molecule has 3 rings (SSSR count). The van der Waals surface area contributed by atoms with Crippen LogP contribution in [-0.4, -0.2) is 17.9 Å². The largest absolute Gasteiger partial charge is 1.00 e. The number of aryl methyl sites for hydroxylation is 2. The topological polar surface area (TPSA) is 84.0 Å². The normalized spacial score (nSPS) is 8.82. The average Bonchev–Trinajstić information content (AvgIpc) is 2.91. The summed E-state index contributed by atoms with van der Waals surface area (Å²) in [6.07, 6.45) is 3.69. The third-order valence-electron chi connectivity index (χ3n) is 6.22. The van der Waals surface area contributed by atoms with Gasteiger partial charge in [-0.3, -0.25) is 4.39 Å². The number of benzene rings is 3. The molecule has 3 aromatic rings. The van der Waals surface area contributed by atoms with E-state index in [0.29, 0.717) is 11.1 Å². The van der Waals surface area contributed by atoms with E-state index >= 15 is 0 Å². The number of carbonyl (C=O) groups is 2. The molecular formula is C37H46FK2N2O2-3. The molecule has 44 heavy (non-hydrogen) atoms. The molecule has 0 heterocycles. The Balaban J connectivity index is -0.000000353. The Hall–Kier alpha value is -1.11. The van der Waals surface area contributed by atoms with E-state index in [1.807, 2.05) is 13.8 Å². The molecule has 0 radical (unpaired) electrons. The molecule has 0 unspecified atom stereocenters. The number of ketones is 1. The van der Waals surface area contributed by atoms with E-state index in [4.69, 9.17) is 16.8 Å². The zero-order valence-electron chi connectivity index (χ0n) is 28.5. The number of Topliss-reactive ketones (excluding diaryl/α,β-unsaturated/α-hetero) is 1.